The number of thiazole rings is 1. The second kappa shape index (κ2) is 8.20. The molecular formula is C18H19N3O3S2. The van der Waals surface area contributed by atoms with Gasteiger partial charge in [0.15, 0.2) is 5.13 Å². The molecule has 0 unspecified atom stereocenters. The molecule has 0 saturated carbocycles. The minimum Gasteiger partial charge on any atom is -0.497 e. The van der Waals surface area contributed by atoms with Crippen molar-refractivity contribution in [3.05, 3.63) is 40.6 Å². The number of hydrogen-bond donors (Lipinski definition) is 2. The van der Waals surface area contributed by atoms with Crippen LogP contribution in [0.4, 0.5) is 10.8 Å². The summed E-state index contributed by atoms with van der Waals surface area (Å²) in [6.45, 7) is 0. The lowest BCUT2D eigenvalue weighted by atomic mass is 10.2. The molecule has 1 aromatic carbocycles. The van der Waals surface area contributed by atoms with Crippen LogP contribution in [0.2, 0.25) is 0 Å². The smallest absolute Gasteiger partial charge is 0.224 e. The maximum Gasteiger partial charge on any atom is 0.224 e. The minimum atomic E-state index is -0.111. The highest BCUT2D eigenvalue weighted by molar-refractivity contribution is 7.17. The van der Waals surface area contributed by atoms with Gasteiger partial charge in [0.2, 0.25) is 5.91 Å². The van der Waals surface area contributed by atoms with Gasteiger partial charge in [-0.1, -0.05) is 6.07 Å². The van der Waals surface area contributed by atoms with Crippen LogP contribution in [0.3, 0.4) is 0 Å². The molecule has 136 valence electrons. The molecule has 0 aliphatic rings. The number of rotatable bonds is 7. The average Bonchev–Trinajstić information content (AvgIpc) is 3.29. The van der Waals surface area contributed by atoms with Crippen LogP contribution in [-0.4, -0.2) is 25.1 Å². The quantitative estimate of drug-likeness (QED) is 0.637. The van der Waals surface area contributed by atoms with Gasteiger partial charge < -0.3 is 20.5 Å². The SMILES string of the molecule is COc1ccc(OC)c(NC(=O)CCc2sc(N)nc2-c2cccs2)c1. The third-order valence-corrected chi connectivity index (χ3v) is 5.55. The number of nitrogens with one attached hydrogen (secondary N) is 1. The van der Waals surface area contributed by atoms with Crippen molar-refractivity contribution >= 4 is 39.4 Å². The minimum absolute atomic E-state index is 0.111. The number of carbonyl (C=O) groups excluding carboxylic acids is 1. The number of carbonyl (C=O) groups is 1. The topological polar surface area (TPSA) is 86.5 Å². The zero-order chi connectivity index (χ0) is 18.5. The van der Waals surface area contributed by atoms with Gasteiger partial charge in [-0.3, -0.25) is 4.79 Å². The zero-order valence-electron chi connectivity index (χ0n) is 14.4. The van der Waals surface area contributed by atoms with Crippen molar-refractivity contribution in [2.24, 2.45) is 0 Å². The van der Waals surface area contributed by atoms with E-state index < -0.39 is 0 Å². The molecule has 0 aliphatic heterocycles. The van der Waals surface area contributed by atoms with Crippen molar-refractivity contribution < 1.29 is 14.3 Å². The molecule has 0 bridgehead atoms. The molecule has 0 fully saturated rings. The summed E-state index contributed by atoms with van der Waals surface area (Å²) in [5, 5.41) is 5.39. The van der Waals surface area contributed by atoms with Crippen LogP contribution in [0, 0.1) is 0 Å². The second-order valence-electron chi connectivity index (χ2n) is 5.42. The molecule has 0 saturated heterocycles. The number of thiophene rings is 1. The van der Waals surface area contributed by atoms with Crippen LogP contribution in [0.1, 0.15) is 11.3 Å². The van der Waals surface area contributed by atoms with Gasteiger partial charge in [-0.2, -0.15) is 0 Å². The molecule has 2 heterocycles. The van der Waals surface area contributed by atoms with E-state index in [1.54, 1.807) is 43.8 Å². The van der Waals surface area contributed by atoms with Gasteiger partial charge in [0.1, 0.15) is 11.5 Å². The molecule has 3 aromatic rings. The fraction of sp³-hybridized carbons (Fsp3) is 0.222. The Balaban J connectivity index is 1.69. The van der Waals surface area contributed by atoms with Crippen molar-refractivity contribution in [2.75, 3.05) is 25.3 Å². The maximum atomic E-state index is 12.4. The maximum absolute atomic E-state index is 12.4. The lowest BCUT2D eigenvalue weighted by molar-refractivity contribution is -0.116. The predicted molar refractivity (Wildman–Crippen MR) is 106 cm³/mol. The van der Waals surface area contributed by atoms with E-state index in [4.69, 9.17) is 15.2 Å². The Morgan fingerprint density at radius 1 is 1.27 bits per heavy atom. The van der Waals surface area contributed by atoms with Crippen molar-refractivity contribution in [1.82, 2.24) is 4.98 Å². The van der Waals surface area contributed by atoms with Crippen molar-refractivity contribution in [2.45, 2.75) is 12.8 Å². The number of methoxy groups -OCH3 is 2. The predicted octanol–water partition coefficient (Wildman–Crippen LogP) is 4.04. The van der Waals surface area contributed by atoms with Crippen LogP contribution < -0.4 is 20.5 Å². The lowest BCUT2D eigenvalue weighted by Crippen LogP contribution is -2.13. The number of benzene rings is 1. The van der Waals surface area contributed by atoms with Crippen LogP contribution in [0.15, 0.2) is 35.7 Å². The van der Waals surface area contributed by atoms with Crippen molar-refractivity contribution in [3.8, 4) is 22.1 Å². The van der Waals surface area contributed by atoms with Crippen LogP contribution in [0.5, 0.6) is 11.5 Å². The summed E-state index contributed by atoms with van der Waals surface area (Å²) in [5.74, 6) is 1.12. The highest BCUT2D eigenvalue weighted by atomic mass is 32.1. The summed E-state index contributed by atoms with van der Waals surface area (Å²) in [6.07, 6.45) is 0.889. The highest BCUT2D eigenvalue weighted by Crippen LogP contribution is 2.34. The monoisotopic (exact) mass is 389 g/mol. The van der Waals surface area contributed by atoms with E-state index in [9.17, 15) is 4.79 Å². The summed E-state index contributed by atoms with van der Waals surface area (Å²) >= 11 is 3.03. The number of aromatic nitrogens is 1. The Hall–Kier alpha value is -2.58. The Kier molecular flexibility index (Phi) is 5.75. The van der Waals surface area contributed by atoms with Crippen LogP contribution in [-0.2, 0) is 11.2 Å². The average molecular weight is 390 g/mol. The number of anilines is 2. The molecule has 3 rings (SSSR count). The fourth-order valence-electron chi connectivity index (χ4n) is 2.50. The summed E-state index contributed by atoms with van der Waals surface area (Å²) in [6, 6.07) is 9.25. The Bertz CT molecular complexity index is 891. The number of nitrogen functional groups attached to an aromatic ring is 1. The zero-order valence-corrected chi connectivity index (χ0v) is 16.1. The highest BCUT2D eigenvalue weighted by Gasteiger charge is 2.15. The van der Waals surface area contributed by atoms with Gasteiger partial charge in [0.25, 0.3) is 0 Å². The molecule has 0 atom stereocenters. The van der Waals surface area contributed by atoms with E-state index in [1.165, 1.54) is 11.3 Å². The lowest BCUT2D eigenvalue weighted by Gasteiger charge is -2.11. The molecule has 0 radical (unpaired) electrons. The molecule has 26 heavy (non-hydrogen) atoms. The Morgan fingerprint density at radius 2 is 2.12 bits per heavy atom. The Morgan fingerprint density at radius 3 is 2.81 bits per heavy atom. The van der Waals surface area contributed by atoms with Gasteiger partial charge in [-0.15, -0.1) is 22.7 Å². The largest absolute Gasteiger partial charge is 0.497 e. The first-order valence-electron chi connectivity index (χ1n) is 7.91. The molecule has 3 N–H and O–H groups in total. The second-order valence-corrected chi connectivity index (χ2v) is 7.48. The molecule has 1 amide bonds. The van der Waals surface area contributed by atoms with E-state index in [0.717, 1.165) is 15.4 Å². The van der Waals surface area contributed by atoms with Gasteiger partial charge in [-0.05, 0) is 30.0 Å². The van der Waals surface area contributed by atoms with E-state index in [-0.39, 0.29) is 5.91 Å². The number of hydrogen-bond acceptors (Lipinski definition) is 7. The van der Waals surface area contributed by atoms with E-state index in [1.807, 2.05) is 17.5 Å². The van der Waals surface area contributed by atoms with Crippen molar-refractivity contribution in [3.63, 3.8) is 0 Å². The van der Waals surface area contributed by atoms with Gasteiger partial charge >= 0.3 is 0 Å². The van der Waals surface area contributed by atoms with Crippen LogP contribution >= 0.6 is 22.7 Å². The first kappa shape index (κ1) is 18.2. The van der Waals surface area contributed by atoms with Gasteiger partial charge in [0.05, 0.1) is 30.5 Å². The van der Waals surface area contributed by atoms with E-state index in [2.05, 4.69) is 10.3 Å². The molecule has 8 heteroatoms. The Labute approximate surface area is 159 Å². The summed E-state index contributed by atoms with van der Waals surface area (Å²) in [4.78, 5) is 18.9. The number of aryl methyl sites for hydroxylation is 1. The van der Waals surface area contributed by atoms with Gasteiger partial charge in [0, 0.05) is 17.4 Å². The summed E-state index contributed by atoms with van der Waals surface area (Å²) in [5.41, 5.74) is 7.32. The van der Waals surface area contributed by atoms with E-state index >= 15 is 0 Å². The van der Waals surface area contributed by atoms with Crippen LogP contribution in [0.25, 0.3) is 10.6 Å². The standard InChI is InChI=1S/C18H19N3O3S2/c1-23-11-5-6-13(24-2)12(10-11)20-16(22)8-7-15-17(21-18(19)26-15)14-4-3-9-25-14/h3-6,9-10H,7-8H2,1-2H3,(H2,19,21)(H,20,22). The summed E-state index contributed by atoms with van der Waals surface area (Å²) < 4.78 is 10.5. The molecule has 0 aliphatic carbocycles. The number of amides is 1. The van der Waals surface area contributed by atoms with Gasteiger partial charge in [-0.25, -0.2) is 4.98 Å². The molecular weight excluding hydrogens is 370 g/mol. The van der Waals surface area contributed by atoms with Crippen molar-refractivity contribution in [1.29, 1.82) is 0 Å². The first-order chi connectivity index (χ1) is 12.6. The van der Waals surface area contributed by atoms with E-state index in [0.29, 0.717) is 35.2 Å². The number of nitrogens with two attached hydrogens (primary N) is 1. The number of ether oxygens (including phenoxy) is 2. The third kappa shape index (κ3) is 4.14. The normalized spacial score (nSPS) is 10.5. The fourth-order valence-corrected chi connectivity index (χ4v) is 4.15. The molecule has 6 nitrogen and oxygen atoms in total. The molecule has 2 aromatic heterocycles. The third-order valence-electron chi connectivity index (χ3n) is 3.73. The number of nitrogens with zero attached hydrogens (tertiary/aromatic N) is 1. The first-order valence-corrected chi connectivity index (χ1v) is 9.61. The molecule has 0 spiro atoms. The summed E-state index contributed by atoms with van der Waals surface area (Å²) in [7, 11) is 3.14.